The molecule has 9 heteroatoms. The number of Topliss-reactive ketones (excluding diaryl/α,β-unsaturated/α-hetero) is 1. The summed E-state index contributed by atoms with van der Waals surface area (Å²) in [6, 6.07) is 8.51. The molecule has 31 heavy (non-hydrogen) atoms. The molecule has 3 rings (SSSR count). The number of nitrogens with zero attached hydrogens (tertiary/aromatic N) is 3. The van der Waals surface area contributed by atoms with Gasteiger partial charge in [-0.1, -0.05) is 12.1 Å². The van der Waals surface area contributed by atoms with Crippen LogP contribution in [-0.2, 0) is 9.59 Å². The Kier molecular flexibility index (Phi) is 6.16. The summed E-state index contributed by atoms with van der Waals surface area (Å²) in [4.78, 5) is 39.2. The molecule has 162 valence electrons. The van der Waals surface area contributed by atoms with Crippen molar-refractivity contribution in [3.8, 4) is 0 Å². The van der Waals surface area contributed by atoms with Crippen molar-refractivity contribution in [3.63, 3.8) is 0 Å². The van der Waals surface area contributed by atoms with E-state index < -0.39 is 34.2 Å². The molecule has 1 aliphatic heterocycles. The number of benzene rings is 2. The maximum atomic E-state index is 14.1. The number of halogens is 1. The van der Waals surface area contributed by atoms with Crippen LogP contribution in [0.4, 0.5) is 10.1 Å². The molecule has 1 heterocycles. The Labute approximate surface area is 178 Å². The Morgan fingerprint density at radius 2 is 1.84 bits per heavy atom. The first-order valence-corrected chi connectivity index (χ1v) is 9.56. The maximum absolute atomic E-state index is 14.1. The van der Waals surface area contributed by atoms with Gasteiger partial charge in [0.2, 0.25) is 0 Å². The standard InChI is InChI=1S/C22H22FN3O5/c1-13-4-5-15(12-17(13)23)20(27)18-19(14-6-8-16(9-7-14)26(30)31)25(11-10-24(2)3)22(29)21(18)28/h4-9,12,19,27H,10-11H2,1-3H3/b20-18+. The summed E-state index contributed by atoms with van der Waals surface area (Å²) in [7, 11) is 3.62. The van der Waals surface area contributed by atoms with E-state index in [1.165, 1.54) is 41.3 Å². The Hall–Kier alpha value is -3.59. The molecule has 1 unspecified atom stereocenters. The van der Waals surface area contributed by atoms with E-state index in [-0.39, 0.29) is 23.4 Å². The van der Waals surface area contributed by atoms with Crippen molar-refractivity contribution in [2.45, 2.75) is 13.0 Å². The Balaban J connectivity index is 2.16. The fourth-order valence-corrected chi connectivity index (χ4v) is 3.44. The van der Waals surface area contributed by atoms with Gasteiger partial charge in [-0.3, -0.25) is 19.7 Å². The lowest BCUT2D eigenvalue weighted by Crippen LogP contribution is -2.35. The topological polar surface area (TPSA) is 104 Å². The molecule has 0 bridgehead atoms. The third-order valence-electron chi connectivity index (χ3n) is 5.19. The van der Waals surface area contributed by atoms with Gasteiger partial charge in [-0.15, -0.1) is 0 Å². The Morgan fingerprint density at radius 3 is 2.39 bits per heavy atom. The number of ketones is 1. The van der Waals surface area contributed by atoms with Gasteiger partial charge in [-0.25, -0.2) is 4.39 Å². The molecule has 1 amide bonds. The SMILES string of the molecule is Cc1ccc(/C(O)=C2\C(=O)C(=O)N(CCN(C)C)C2c2ccc([N+](=O)[O-])cc2)cc1F. The minimum atomic E-state index is -0.954. The van der Waals surface area contributed by atoms with E-state index >= 15 is 0 Å². The fourth-order valence-electron chi connectivity index (χ4n) is 3.44. The van der Waals surface area contributed by atoms with Crippen molar-refractivity contribution >= 4 is 23.1 Å². The number of carbonyl (C=O) groups is 2. The van der Waals surface area contributed by atoms with Gasteiger partial charge in [0.05, 0.1) is 16.5 Å². The molecule has 0 aromatic heterocycles. The first-order valence-electron chi connectivity index (χ1n) is 9.56. The first-order chi connectivity index (χ1) is 14.6. The van der Waals surface area contributed by atoms with Crippen LogP contribution in [0.15, 0.2) is 48.0 Å². The number of nitro groups is 1. The summed E-state index contributed by atoms with van der Waals surface area (Å²) in [5.41, 5.74) is 0.545. The number of nitro benzene ring substituents is 1. The van der Waals surface area contributed by atoms with Crippen molar-refractivity contribution in [2.75, 3.05) is 27.2 Å². The minimum absolute atomic E-state index is 0.0700. The van der Waals surface area contributed by atoms with Gasteiger partial charge in [0.25, 0.3) is 17.4 Å². The normalized spacial score (nSPS) is 18.1. The van der Waals surface area contributed by atoms with E-state index in [0.717, 1.165) is 6.07 Å². The van der Waals surface area contributed by atoms with Crippen LogP contribution >= 0.6 is 0 Å². The highest BCUT2D eigenvalue weighted by Crippen LogP contribution is 2.39. The van der Waals surface area contributed by atoms with E-state index in [9.17, 15) is 29.2 Å². The van der Waals surface area contributed by atoms with Gasteiger partial charge in [0.15, 0.2) is 0 Å². The molecule has 1 atom stereocenters. The molecule has 0 spiro atoms. The van der Waals surface area contributed by atoms with Gasteiger partial charge in [0.1, 0.15) is 11.6 Å². The van der Waals surface area contributed by atoms with Crippen molar-refractivity contribution in [2.24, 2.45) is 0 Å². The summed E-state index contributed by atoms with van der Waals surface area (Å²) in [6.07, 6.45) is 0. The first kappa shape index (κ1) is 22.1. The highest BCUT2D eigenvalue weighted by molar-refractivity contribution is 6.46. The number of amides is 1. The van der Waals surface area contributed by atoms with Gasteiger partial charge in [-0.2, -0.15) is 0 Å². The summed E-state index contributed by atoms with van der Waals surface area (Å²) >= 11 is 0. The summed E-state index contributed by atoms with van der Waals surface area (Å²) in [5, 5.41) is 21.9. The van der Waals surface area contributed by atoms with Gasteiger partial charge in [0, 0.05) is 30.8 Å². The lowest BCUT2D eigenvalue weighted by molar-refractivity contribution is -0.384. The van der Waals surface area contributed by atoms with Crippen molar-refractivity contribution in [1.82, 2.24) is 9.80 Å². The lowest BCUT2D eigenvalue weighted by atomic mass is 9.95. The Bertz CT molecular complexity index is 1080. The summed E-state index contributed by atoms with van der Waals surface area (Å²) in [5.74, 6) is -2.73. The lowest BCUT2D eigenvalue weighted by Gasteiger charge is -2.26. The molecule has 1 N–H and O–H groups in total. The van der Waals surface area contributed by atoms with Gasteiger partial charge >= 0.3 is 0 Å². The van der Waals surface area contributed by atoms with E-state index in [4.69, 9.17) is 0 Å². The molecule has 1 saturated heterocycles. The molecule has 2 aromatic carbocycles. The molecule has 0 radical (unpaired) electrons. The van der Waals surface area contributed by atoms with E-state index in [1.54, 1.807) is 6.92 Å². The predicted molar refractivity (Wildman–Crippen MR) is 112 cm³/mol. The zero-order valence-electron chi connectivity index (χ0n) is 17.3. The molecule has 2 aromatic rings. The number of carbonyl (C=O) groups excluding carboxylic acids is 2. The summed E-state index contributed by atoms with van der Waals surface area (Å²) < 4.78 is 14.1. The van der Waals surface area contributed by atoms with Crippen molar-refractivity contribution < 1.29 is 24.0 Å². The quantitative estimate of drug-likeness (QED) is 0.250. The number of aryl methyl sites for hydroxylation is 1. The van der Waals surface area contributed by atoms with Crippen LogP contribution in [-0.4, -0.2) is 58.7 Å². The van der Waals surface area contributed by atoms with E-state index in [2.05, 4.69) is 0 Å². The van der Waals surface area contributed by atoms with Crippen molar-refractivity contribution in [3.05, 3.63) is 80.7 Å². The average Bonchev–Trinajstić information content (AvgIpc) is 2.98. The molecular formula is C22H22FN3O5. The van der Waals surface area contributed by atoms with E-state index in [1.807, 2.05) is 19.0 Å². The van der Waals surface area contributed by atoms with Gasteiger partial charge in [-0.05, 0) is 50.3 Å². The number of aliphatic hydroxyl groups excluding tert-OH is 1. The van der Waals surface area contributed by atoms with Crippen LogP contribution in [0.5, 0.6) is 0 Å². The second-order valence-electron chi connectivity index (χ2n) is 7.61. The van der Waals surface area contributed by atoms with Crippen LogP contribution in [0.3, 0.4) is 0 Å². The molecule has 8 nitrogen and oxygen atoms in total. The number of likely N-dealkylation sites (tertiary alicyclic amines) is 1. The number of non-ortho nitro benzene ring substituents is 1. The van der Waals surface area contributed by atoms with Crippen LogP contribution in [0.2, 0.25) is 0 Å². The molecule has 0 saturated carbocycles. The predicted octanol–water partition coefficient (Wildman–Crippen LogP) is 3.03. The van der Waals surface area contributed by atoms with Crippen LogP contribution in [0.25, 0.3) is 5.76 Å². The number of hydrogen-bond acceptors (Lipinski definition) is 6. The number of hydrogen-bond donors (Lipinski definition) is 1. The summed E-state index contributed by atoms with van der Waals surface area (Å²) in [6.45, 7) is 2.21. The molecule has 1 fully saturated rings. The maximum Gasteiger partial charge on any atom is 0.295 e. The van der Waals surface area contributed by atoms with Crippen LogP contribution < -0.4 is 0 Å². The molecular weight excluding hydrogens is 405 g/mol. The number of rotatable bonds is 6. The van der Waals surface area contributed by atoms with Crippen LogP contribution in [0, 0.1) is 22.9 Å². The average molecular weight is 427 g/mol. The number of aliphatic hydroxyl groups is 1. The second kappa shape index (κ2) is 8.65. The Morgan fingerprint density at radius 1 is 1.19 bits per heavy atom. The minimum Gasteiger partial charge on any atom is -0.507 e. The monoisotopic (exact) mass is 427 g/mol. The highest BCUT2D eigenvalue weighted by atomic mass is 19.1. The largest absolute Gasteiger partial charge is 0.507 e. The third-order valence-corrected chi connectivity index (χ3v) is 5.19. The molecule has 0 aliphatic carbocycles. The molecule has 1 aliphatic rings. The fraction of sp³-hybridized carbons (Fsp3) is 0.273. The second-order valence-corrected chi connectivity index (χ2v) is 7.61. The third kappa shape index (κ3) is 4.31. The highest BCUT2D eigenvalue weighted by Gasteiger charge is 2.46. The van der Waals surface area contributed by atoms with Gasteiger partial charge < -0.3 is 14.9 Å². The van der Waals surface area contributed by atoms with Crippen molar-refractivity contribution in [1.29, 1.82) is 0 Å². The van der Waals surface area contributed by atoms with Crippen LogP contribution in [0.1, 0.15) is 22.7 Å². The smallest absolute Gasteiger partial charge is 0.295 e. The zero-order chi connectivity index (χ0) is 22.9. The number of likely N-dealkylation sites (N-methyl/N-ethyl adjacent to an activating group) is 1. The van der Waals surface area contributed by atoms with E-state index in [0.29, 0.717) is 17.7 Å². The zero-order valence-corrected chi connectivity index (χ0v) is 17.3.